The second kappa shape index (κ2) is 2.50. The van der Waals surface area contributed by atoms with E-state index in [9.17, 15) is 8.78 Å². The third-order valence-electron chi connectivity index (χ3n) is 2.19. The molecule has 0 heterocycles. The van der Waals surface area contributed by atoms with E-state index < -0.39 is 11.3 Å². The van der Waals surface area contributed by atoms with E-state index in [1.165, 1.54) is 0 Å². The molecule has 3 nitrogen and oxygen atoms in total. The van der Waals surface area contributed by atoms with Gasteiger partial charge in [0.15, 0.2) is 0 Å². The van der Waals surface area contributed by atoms with Crippen molar-refractivity contribution < 1.29 is 8.78 Å². The zero-order valence-corrected chi connectivity index (χ0v) is 6.77. The Kier molecular flexibility index (Phi) is 1.89. The van der Waals surface area contributed by atoms with Crippen molar-refractivity contribution in [2.24, 2.45) is 16.4 Å². The van der Waals surface area contributed by atoms with E-state index in [0.29, 0.717) is 0 Å². The quantitative estimate of drug-likeness (QED) is 0.372. The molecule has 0 aromatic heterocycles. The lowest BCUT2D eigenvalue weighted by Gasteiger charge is -2.44. The highest BCUT2D eigenvalue weighted by atomic mass is 19.3. The minimum Gasteiger partial charge on any atom is -0.323 e. The summed E-state index contributed by atoms with van der Waals surface area (Å²) in [4.78, 5) is 0. The SMILES string of the molecule is CC1(C(C=N)=NN)CC(F)(F)C1. The molecule has 0 radical (unpaired) electrons. The Morgan fingerprint density at radius 1 is 1.58 bits per heavy atom. The Bertz CT molecular complexity index is 227. The lowest BCUT2D eigenvalue weighted by Crippen LogP contribution is -2.49. The maximum Gasteiger partial charge on any atom is 0.250 e. The summed E-state index contributed by atoms with van der Waals surface area (Å²) in [6.07, 6.45) is 0.423. The molecule has 1 rings (SSSR count). The highest BCUT2D eigenvalue weighted by Crippen LogP contribution is 2.52. The van der Waals surface area contributed by atoms with Crippen molar-refractivity contribution in [2.75, 3.05) is 0 Å². The van der Waals surface area contributed by atoms with E-state index >= 15 is 0 Å². The standard InChI is InChI=1S/C7H11F2N3/c1-6(5(2-10)12-11)3-7(8,9)4-6/h2,10H,3-4,11H2,1H3. The van der Waals surface area contributed by atoms with Crippen LogP contribution in [0.1, 0.15) is 19.8 Å². The predicted molar refractivity (Wildman–Crippen MR) is 42.7 cm³/mol. The fourth-order valence-corrected chi connectivity index (χ4v) is 1.64. The third-order valence-corrected chi connectivity index (χ3v) is 2.19. The second-order valence-electron chi connectivity index (χ2n) is 3.43. The number of halogens is 2. The number of nitrogens with zero attached hydrogens (tertiary/aromatic N) is 1. The molecule has 0 amide bonds. The molecule has 0 bridgehead atoms. The molecule has 0 unspecified atom stereocenters. The first-order chi connectivity index (χ1) is 5.43. The Morgan fingerprint density at radius 2 is 2.08 bits per heavy atom. The second-order valence-corrected chi connectivity index (χ2v) is 3.43. The van der Waals surface area contributed by atoms with Gasteiger partial charge in [-0.2, -0.15) is 5.10 Å². The number of hydrogen-bond acceptors (Lipinski definition) is 3. The first-order valence-corrected chi connectivity index (χ1v) is 3.60. The molecule has 3 N–H and O–H groups in total. The third kappa shape index (κ3) is 1.31. The predicted octanol–water partition coefficient (Wildman–Crippen LogP) is 1.39. The average molecular weight is 175 g/mol. The van der Waals surface area contributed by atoms with Gasteiger partial charge in [0.2, 0.25) is 5.92 Å². The zero-order valence-electron chi connectivity index (χ0n) is 6.77. The van der Waals surface area contributed by atoms with Crippen molar-refractivity contribution in [1.29, 1.82) is 5.41 Å². The number of rotatable bonds is 2. The van der Waals surface area contributed by atoms with Crippen LogP contribution in [0.3, 0.4) is 0 Å². The summed E-state index contributed by atoms with van der Waals surface area (Å²) in [5.74, 6) is 2.36. The molecule has 68 valence electrons. The van der Waals surface area contributed by atoms with Crippen LogP contribution in [-0.2, 0) is 0 Å². The van der Waals surface area contributed by atoms with Crippen molar-refractivity contribution in [1.82, 2.24) is 0 Å². The fourth-order valence-electron chi connectivity index (χ4n) is 1.64. The number of nitrogens with two attached hydrogens (primary N) is 1. The number of hydrogen-bond donors (Lipinski definition) is 2. The van der Waals surface area contributed by atoms with Crippen molar-refractivity contribution >= 4 is 11.9 Å². The monoisotopic (exact) mass is 175 g/mol. The van der Waals surface area contributed by atoms with Gasteiger partial charge in [-0.05, 0) is 0 Å². The molecule has 0 atom stereocenters. The van der Waals surface area contributed by atoms with Crippen molar-refractivity contribution in [3.8, 4) is 0 Å². The highest BCUT2D eigenvalue weighted by molar-refractivity contribution is 6.32. The minimum absolute atomic E-state index is 0.244. The average Bonchev–Trinajstić information content (AvgIpc) is 1.85. The molecule has 0 saturated heterocycles. The Morgan fingerprint density at radius 3 is 2.33 bits per heavy atom. The maximum atomic E-state index is 12.5. The summed E-state index contributed by atoms with van der Waals surface area (Å²) in [6, 6.07) is 0. The van der Waals surface area contributed by atoms with E-state index in [2.05, 4.69) is 5.10 Å². The summed E-state index contributed by atoms with van der Waals surface area (Å²) < 4.78 is 25.0. The molecule has 5 heteroatoms. The smallest absolute Gasteiger partial charge is 0.250 e. The van der Waals surface area contributed by atoms with Gasteiger partial charge in [0, 0.05) is 24.5 Å². The van der Waals surface area contributed by atoms with Crippen LogP contribution < -0.4 is 5.84 Å². The summed E-state index contributed by atoms with van der Waals surface area (Å²) in [5.41, 5.74) is -0.451. The van der Waals surface area contributed by atoms with E-state index in [4.69, 9.17) is 11.3 Å². The van der Waals surface area contributed by atoms with E-state index in [0.717, 1.165) is 6.21 Å². The molecular weight excluding hydrogens is 164 g/mol. The van der Waals surface area contributed by atoms with Crippen LogP contribution in [0, 0.1) is 10.8 Å². The first kappa shape index (κ1) is 9.09. The summed E-state index contributed by atoms with van der Waals surface area (Å²) in [5, 5.41) is 10.2. The van der Waals surface area contributed by atoms with Gasteiger partial charge >= 0.3 is 0 Å². The number of alkyl halides is 2. The Hall–Kier alpha value is -1.00. The number of nitrogens with one attached hydrogen (secondary N) is 1. The molecule has 0 aromatic carbocycles. The molecule has 12 heavy (non-hydrogen) atoms. The fraction of sp³-hybridized carbons (Fsp3) is 0.714. The van der Waals surface area contributed by atoms with Crippen LogP contribution >= 0.6 is 0 Å². The van der Waals surface area contributed by atoms with Gasteiger partial charge in [-0.1, -0.05) is 6.92 Å². The molecule has 1 saturated carbocycles. The molecule has 0 spiro atoms. The topological polar surface area (TPSA) is 62.2 Å². The van der Waals surface area contributed by atoms with E-state index in [-0.39, 0.29) is 18.6 Å². The van der Waals surface area contributed by atoms with Crippen LogP contribution in [-0.4, -0.2) is 17.8 Å². The maximum absolute atomic E-state index is 12.5. The Balaban J connectivity index is 2.72. The lowest BCUT2D eigenvalue weighted by molar-refractivity contribution is -0.125. The minimum atomic E-state index is -2.60. The van der Waals surface area contributed by atoms with Crippen LogP contribution in [0.5, 0.6) is 0 Å². The van der Waals surface area contributed by atoms with Crippen molar-refractivity contribution in [2.45, 2.75) is 25.7 Å². The lowest BCUT2D eigenvalue weighted by atomic mass is 9.65. The first-order valence-electron chi connectivity index (χ1n) is 3.60. The molecule has 0 aromatic rings. The van der Waals surface area contributed by atoms with Crippen LogP contribution in [0.15, 0.2) is 5.10 Å². The number of hydrazone groups is 1. The van der Waals surface area contributed by atoms with Crippen LogP contribution in [0.4, 0.5) is 8.78 Å². The van der Waals surface area contributed by atoms with Gasteiger partial charge in [-0.25, -0.2) is 8.78 Å². The largest absolute Gasteiger partial charge is 0.323 e. The molecular formula is C7H11F2N3. The van der Waals surface area contributed by atoms with Gasteiger partial charge in [0.25, 0.3) is 0 Å². The van der Waals surface area contributed by atoms with Crippen LogP contribution in [0.25, 0.3) is 0 Å². The van der Waals surface area contributed by atoms with Gasteiger partial charge < -0.3 is 11.3 Å². The Labute approximate surface area is 69.1 Å². The van der Waals surface area contributed by atoms with E-state index in [1.807, 2.05) is 0 Å². The summed E-state index contributed by atoms with van der Waals surface area (Å²) in [7, 11) is 0. The van der Waals surface area contributed by atoms with E-state index in [1.54, 1.807) is 6.92 Å². The zero-order chi connectivity index (χ0) is 9.41. The highest BCUT2D eigenvalue weighted by Gasteiger charge is 2.55. The molecule has 1 aliphatic carbocycles. The van der Waals surface area contributed by atoms with Gasteiger partial charge in [0.05, 0.1) is 5.71 Å². The van der Waals surface area contributed by atoms with Crippen molar-refractivity contribution in [3.63, 3.8) is 0 Å². The summed E-state index contributed by atoms with van der Waals surface area (Å²) in [6.45, 7) is 1.64. The van der Waals surface area contributed by atoms with Gasteiger partial charge in [0.1, 0.15) is 0 Å². The van der Waals surface area contributed by atoms with Crippen molar-refractivity contribution in [3.05, 3.63) is 0 Å². The molecule has 1 fully saturated rings. The van der Waals surface area contributed by atoms with Crippen LogP contribution in [0.2, 0.25) is 0 Å². The normalized spacial score (nSPS) is 26.1. The molecule has 1 aliphatic rings. The van der Waals surface area contributed by atoms with Gasteiger partial charge in [-0.3, -0.25) is 0 Å². The molecule has 0 aliphatic heterocycles. The van der Waals surface area contributed by atoms with Gasteiger partial charge in [-0.15, -0.1) is 0 Å². The summed E-state index contributed by atoms with van der Waals surface area (Å²) >= 11 is 0.